The van der Waals surface area contributed by atoms with Crippen LogP contribution in [0.25, 0.3) is 0 Å². The van der Waals surface area contributed by atoms with Crippen molar-refractivity contribution in [3.63, 3.8) is 0 Å². The lowest BCUT2D eigenvalue weighted by atomic mass is 9.99. The first-order valence-electron chi connectivity index (χ1n) is 4.88. The van der Waals surface area contributed by atoms with Gasteiger partial charge in [0.15, 0.2) is 5.78 Å². The van der Waals surface area contributed by atoms with Gasteiger partial charge in [0.05, 0.1) is 0 Å². The fraction of sp³-hybridized carbons (Fsp3) is 0.417. The zero-order chi connectivity index (χ0) is 10.5. The van der Waals surface area contributed by atoms with E-state index in [9.17, 15) is 9.90 Å². The van der Waals surface area contributed by atoms with Gasteiger partial charge in [-0.1, -0.05) is 13.0 Å². The van der Waals surface area contributed by atoms with Crippen molar-refractivity contribution in [2.75, 3.05) is 0 Å². The third kappa shape index (κ3) is 1.07. The molecule has 1 N–H and O–H groups in total. The topological polar surface area (TPSA) is 37.3 Å². The molecule has 1 aromatic carbocycles. The molecule has 2 rings (SSSR count). The van der Waals surface area contributed by atoms with E-state index < -0.39 is 0 Å². The van der Waals surface area contributed by atoms with Crippen molar-refractivity contribution in [2.24, 2.45) is 5.92 Å². The van der Waals surface area contributed by atoms with Gasteiger partial charge in [-0.15, -0.1) is 0 Å². The molecule has 2 nitrogen and oxygen atoms in total. The van der Waals surface area contributed by atoms with Crippen LogP contribution in [0.2, 0.25) is 0 Å². The quantitative estimate of drug-likeness (QED) is 0.682. The maximum atomic E-state index is 11.8. The summed E-state index contributed by atoms with van der Waals surface area (Å²) in [4.78, 5) is 11.8. The summed E-state index contributed by atoms with van der Waals surface area (Å²) in [5.74, 6) is 0.507. The monoisotopic (exact) mass is 190 g/mol. The van der Waals surface area contributed by atoms with Crippen LogP contribution < -0.4 is 0 Å². The number of rotatable bonds is 0. The van der Waals surface area contributed by atoms with Crippen molar-refractivity contribution >= 4 is 5.78 Å². The average Bonchev–Trinajstić information content (AvgIpc) is 2.40. The molecule has 1 aliphatic carbocycles. The van der Waals surface area contributed by atoms with Gasteiger partial charge in [0.2, 0.25) is 0 Å². The van der Waals surface area contributed by atoms with Crippen LogP contribution in [0.4, 0.5) is 0 Å². The molecule has 74 valence electrons. The molecule has 0 saturated heterocycles. The summed E-state index contributed by atoms with van der Waals surface area (Å²) in [6.07, 6.45) is 0.683. The average molecular weight is 190 g/mol. The van der Waals surface area contributed by atoms with Gasteiger partial charge < -0.3 is 5.11 Å². The Morgan fingerprint density at radius 2 is 2.00 bits per heavy atom. The van der Waals surface area contributed by atoms with Crippen molar-refractivity contribution in [1.29, 1.82) is 0 Å². The van der Waals surface area contributed by atoms with Gasteiger partial charge in [-0.2, -0.15) is 0 Å². The Morgan fingerprint density at radius 1 is 1.36 bits per heavy atom. The first-order chi connectivity index (χ1) is 6.52. The number of hydrogen-bond donors (Lipinski definition) is 1. The zero-order valence-corrected chi connectivity index (χ0v) is 8.72. The molecule has 0 radical (unpaired) electrons. The van der Waals surface area contributed by atoms with E-state index >= 15 is 0 Å². The lowest BCUT2D eigenvalue weighted by Crippen LogP contribution is -2.04. The van der Waals surface area contributed by atoms with Gasteiger partial charge in [-0.05, 0) is 31.4 Å². The Morgan fingerprint density at radius 3 is 2.64 bits per heavy atom. The standard InChI is InChI=1S/C12H14O2/c1-6-4-7(2)11(13)9-5-8(3)12(14)10(6)9/h4,8,13H,5H2,1-3H3. The van der Waals surface area contributed by atoms with Crippen LogP contribution in [0.5, 0.6) is 5.75 Å². The van der Waals surface area contributed by atoms with Crippen LogP contribution in [0.1, 0.15) is 34.0 Å². The van der Waals surface area contributed by atoms with Crippen molar-refractivity contribution in [3.8, 4) is 5.75 Å². The van der Waals surface area contributed by atoms with E-state index in [-0.39, 0.29) is 11.7 Å². The van der Waals surface area contributed by atoms with E-state index in [1.807, 2.05) is 26.8 Å². The SMILES string of the molecule is Cc1cc(C)c2c(c1O)CC(C)C2=O. The normalized spacial score (nSPS) is 19.9. The molecule has 2 heteroatoms. The first-order valence-corrected chi connectivity index (χ1v) is 4.88. The number of fused-ring (bicyclic) bond motifs is 1. The van der Waals surface area contributed by atoms with Gasteiger partial charge >= 0.3 is 0 Å². The van der Waals surface area contributed by atoms with E-state index in [1.165, 1.54) is 0 Å². The van der Waals surface area contributed by atoms with E-state index in [0.29, 0.717) is 12.2 Å². The lowest BCUT2D eigenvalue weighted by molar-refractivity contribution is 0.0946. The molecule has 0 spiro atoms. The van der Waals surface area contributed by atoms with Crippen LogP contribution in [-0.4, -0.2) is 10.9 Å². The number of aromatic hydroxyl groups is 1. The van der Waals surface area contributed by atoms with Crippen LogP contribution >= 0.6 is 0 Å². The Balaban J connectivity index is 2.73. The largest absolute Gasteiger partial charge is 0.507 e. The maximum Gasteiger partial charge on any atom is 0.166 e. The highest BCUT2D eigenvalue weighted by Gasteiger charge is 2.31. The molecule has 0 saturated carbocycles. The van der Waals surface area contributed by atoms with E-state index in [0.717, 1.165) is 22.3 Å². The number of hydrogen-bond acceptors (Lipinski definition) is 2. The molecule has 0 bridgehead atoms. The minimum absolute atomic E-state index is 0.0244. The molecule has 14 heavy (non-hydrogen) atoms. The molecule has 0 amide bonds. The molecule has 1 aliphatic rings. The lowest BCUT2D eigenvalue weighted by Gasteiger charge is -2.07. The Bertz CT molecular complexity index is 419. The minimum atomic E-state index is 0.0244. The first kappa shape index (κ1) is 9.25. The molecule has 1 unspecified atom stereocenters. The van der Waals surface area contributed by atoms with Gasteiger partial charge in [0, 0.05) is 17.0 Å². The molecule has 0 fully saturated rings. The Labute approximate surface area is 83.6 Å². The number of aryl methyl sites for hydroxylation is 2. The number of Topliss-reactive ketones (excluding diaryl/α,β-unsaturated/α-hetero) is 1. The van der Waals surface area contributed by atoms with Crippen molar-refractivity contribution in [2.45, 2.75) is 27.2 Å². The number of benzene rings is 1. The fourth-order valence-electron chi connectivity index (χ4n) is 2.25. The number of carbonyl (C=O) groups excluding carboxylic acids is 1. The highest BCUT2D eigenvalue weighted by molar-refractivity contribution is 6.04. The highest BCUT2D eigenvalue weighted by atomic mass is 16.3. The van der Waals surface area contributed by atoms with Crippen molar-refractivity contribution in [1.82, 2.24) is 0 Å². The van der Waals surface area contributed by atoms with Gasteiger partial charge in [-0.3, -0.25) is 4.79 Å². The summed E-state index contributed by atoms with van der Waals surface area (Å²) in [6, 6.07) is 1.88. The number of phenols is 1. The molecule has 0 aromatic heterocycles. The van der Waals surface area contributed by atoms with Crippen molar-refractivity contribution in [3.05, 3.63) is 28.3 Å². The molecule has 0 heterocycles. The fourth-order valence-corrected chi connectivity index (χ4v) is 2.25. The number of carbonyl (C=O) groups is 1. The van der Waals surface area contributed by atoms with Crippen LogP contribution in [0.15, 0.2) is 6.07 Å². The third-order valence-corrected chi connectivity index (χ3v) is 2.99. The Kier molecular flexibility index (Phi) is 1.88. The summed E-state index contributed by atoms with van der Waals surface area (Å²) in [5.41, 5.74) is 3.45. The summed E-state index contributed by atoms with van der Waals surface area (Å²) >= 11 is 0. The van der Waals surface area contributed by atoms with Crippen LogP contribution in [0, 0.1) is 19.8 Å². The van der Waals surface area contributed by atoms with Crippen LogP contribution in [-0.2, 0) is 6.42 Å². The van der Waals surface area contributed by atoms with E-state index in [2.05, 4.69) is 0 Å². The number of phenolic OH excluding ortho intramolecular Hbond substituents is 1. The summed E-state index contributed by atoms with van der Waals surface area (Å²) in [5, 5.41) is 9.83. The molecule has 1 atom stereocenters. The molecule has 0 aliphatic heterocycles. The predicted octanol–water partition coefficient (Wildman–Crippen LogP) is 2.38. The van der Waals surface area contributed by atoms with Crippen molar-refractivity contribution < 1.29 is 9.90 Å². The van der Waals surface area contributed by atoms with Gasteiger partial charge in [-0.25, -0.2) is 0 Å². The van der Waals surface area contributed by atoms with E-state index in [4.69, 9.17) is 0 Å². The van der Waals surface area contributed by atoms with Gasteiger partial charge in [0.25, 0.3) is 0 Å². The predicted molar refractivity (Wildman–Crippen MR) is 54.8 cm³/mol. The third-order valence-electron chi connectivity index (χ3n) is 2.99. The highest BCUT2D eigenvalue weighted by Crippen LogP contribution is 2.37. The second kappa shape index (κ2) is 2.84. The maximum absolute atomic E-state index is 11.8. The smallest absolute Gasteiger partial charge is 0.166 e. The number of ketones is 1. The zero-order valence-electron chi connectivity index (χ0n) is 8.72. The molecular weight excluding hydrogens is 176 g/mol. The summed E-state index contributed by atoms with van der Waals surface area (Å²) < 4.78 is 0. The van der Waals surface area contributed by atoms with Gasteiger partial charge in [0.1, 0.15) is 5.75 Å². The Hall–Kier alpha value is -1.31. The van der Waals surface area contributed by atoms with E-state index in [1.54, 1.807) is 0 Å². The molecular formula is C12H14O2. The summed E-state index contributed by atoms with van der Waals surface area (Å²) in [7, 11) is 0. The van der Waals surface area contributed by atoms with Crippen LogP contribution in [0.3, 0.4) is 0 Å². The summed E-state index contributed by atoms with van der Waals surface area (Å²) in [6.45, 7) is 5.72. The molecule has 1 aromatic rings. The second-order valence-electron chi connectivity index (χ2n) is 4.18. The minimum Gasteiger partial charge on any atom is -0.507 e. The second-order valence-corrected chi connectivity index (χ2v) is 4.18.